The summed E-state index contributed by atoms with van der Waals surface area (Å²) < 4.78 is 0. The third-order valence-corrected chi connectivity index (χ3v) is 2.69. The molecule has 90 valence electrons. The molecule has 0 bridgehead atoms. The molecular weight excluding hydrogens is 188 g/mol. The molecule has 0 saturated carbocycles. The first kappa shape index (κ1) is 14.4. The summed E-state index contributed by atoms with van der Waals surface area (Å²) in [5, 5.41) is 0. The first-order valence-corrected chi connectivity index (χ1v) is 6.12. The molecule has 1 heterocycles. The molecule has 1 saturated heterocycles. The van der Waals surface area contributed by atoms with Gasteiger partial charge in [-0.1, -0.05) is 33.1 Å². The van der Waals surface area contributed by atoms with Gasteiger partial charge < -0.3 is 10.6 Å². The fraction of sp³-hybridized carbons (Fsp3) is 0.917. The number of nitrogens with two attached hydrogens (primary N) is 1. The minimum atomic E-state index is 0.173. The highest BCUT2D eigenvalue weighted by molar-refractivity contribution is 5.73. The number of likely N-dealkylation sites (tertiary alicyclic amines) is 1. The van der Waals surface area contributed by atoms with E-state index in [0.29, 0.717) is 6.04 Å². The number of unbranched alkanes of at least 4 members (excludes halogenated alkanes) is 2. The molecule has 1 fully saturated rings. The zero-order valence-electron chi connectivity index (χ0n) is 10.5. The van der Waals surface area contributed by atoms with Crippen LogP contribution < -0.4 is 5.73 Å². The molecular formula is C12H26N2O. The van der Waals surface area contributed by atoms with E-state index in [1.807, 2.05) is 4.90 Å². The first-order valence-electron chi connectivity index (χ1n) is 6.12. The van der Waals surface area contributed by atoms with E-state index in [-0.39, 0.29) is 5.91 Å². The maximum atomic E-state index is 10.8. The zero-order valence-corrected chi connectivity index (χ0v) is 10.5. The Bertz CT molecular complexity index is 161. The second-order valence-corrected chi connectivity index (χ2v) is 4.20. The Kier molecular flexibility index (Phi) is 8.38. The summed E-state index contributed by atoms with van der Waals surface area (Å²) in [6.45, 7) is 7.72. The third kappa shape index (κ3) is 7.37. The Balaban J connectivity index is 0.000000336. The molecule has 0 aliphatic carbocycles. The van der Waals surface area contributed by atoms with Crippen LogP contribution in [0.3, 0.4) is 0 Å². The van der Waals surface area contributed by atoms with Gasteiger partial charge in [-0.3, -0.25) is 4.79 Å². The molecule has 2 N–H and O–H groups in total. The molecule has 0 unspecified atom stereocenters. The lowest BCUT2D eigenvalue weighted by Crippen LogP contribution is -2.41. The van der Waals surface area contributed by atoms with Crippen LogP contribution in [0.25, 0.3) is 0 Å². The van der Waals surface area contributed by atoms with E-state index in [9.17, 15) is 4.79 Å². The van der Waals surface area contributed by atoms with E-state index in [1.165, 1.54) is 19.3 Å². The van der Waals surface area contributed by atoms with E-state index in [4.69, 9.17) is 5.73 Å². The van der Waals surface area contributed by atoms with Crippen LogP contribution in [0.15, 0.2) is 0 Å². The maximum absolute atomic E-state index is 10.8. The van der Waals surface area contributed by atoms with Gasteiger partial charge in [0.2, 0.25) is 5.91 Å². The molecule has 0 aromatic rings. The van der Waals surface area contributed by atoms with Crippen molar-refractivity contribution >= 4 is 5.91 Å². The summed E-state index contributed by atoms with van der Waals surface area (Å²) >= 11 is 0. The van der Waals surface area contributed by atoms with Gasteiger partial charge in [0, 0.05) is 26.1 Å². The highest BCUT2D eigenvalue weighted by Gasteiger charge is 2.16. The molecule has 15 heavy (non-hydrogen) atoms. The minimum Gasteiger partial charge on any atom is -0.343 e. The Morgan fingerprint density at radius 3 is 2.00 bits per heavy atom. The lowest BCUT2D eigenvalue weighted by molar-refractivity contribution is -0.129. The standard InChI is InChI=1S/C7H14N2O.C5H12/c1-6(10)9-4-2-7(8)3-5-9;1-3-5-4-2/h7H,2-5,8H2,1H3;3-5H2,1-2H3. The van der Waals surface area contributed by atoms with Gasteiger partial charge in [-0.15, -0.1) is 0 Å². The quantitative estimate of drug-likeness (QED) is 0.765. The average molecular weight is 214 g/mol. The Morgan fingerprint density at radius 2 is 1.73 bits per heavy atom. The van der Waals surface area contributed by atoms with E-state index in [1.54, 1.807) is 6.92 Å². The van der Waals surface area contributed by atoms with Crippen molar-refractivity contribution in [1.82, 2.24) is 4.90 Å². The van der Waals surface area contributed by atoms with Gasteiger partial charge in [0.15, 0.2) is 0 Å². The predicted molar refractivity (Wildman–Crippen MR) is 64.7 cm³/mol. The van der Waals surface area contributed by atoms with Crippen molar-refractivity contribution in [3.8, 4) is 0 Å². The van der Waals surface area contributed by atoms with Gasteiger partial charge >= 0.3 is 0 Å². The minimum absolute atomic E-state index is 0.173. The maximum Gasteiger partial charge on any atom is 0.219 e. The van der Waals surface area contributed by atoms with E-state index >= 15 is 0 Å². The molecule has 1 aliphatic heterocycles. The van der Waals surface area contributed by atoms with E-state index in [2.05, 4.69) is 13.8 Å². The Labute approximate surface area is 94.0 Å². The van der Waals surface area contributed by atoms with Gasteiger partial charge in [-0.2, -0.15) is 0 Å². The van der Waals surface area contributed by atoms with Crippen molar-refractivity contribution in [1.29, 1.82) is 0 Å². The summed E-state index contributed by atoms with van der Waals surface area (Å²) in [6.07, 6.45) is 5.99. The summed E-state index contributed by atoms with van der Waals surface area (Å²) in [5.74, 6) is 0.173. The van der Waals surface area contributed by atoms with Crippen molar-refractivity contribution in [3.05, 3.63) is 0 Å². The second kappa shape index (κ2) is 8.72. The van der Waals surface area contributed by atoms with Crippen molar-refractivity contribution in [3.63, 3.8) is 0 Å². The highest BCUT2D eigenvalue weighted by atomic mass is 16.2. The normalized spacial score (nSPS) is 16.9. The molecule has 0 aromatic carbocycles. The van der Waals surface area contributed by atoms with Crippen LogP contribution in [0.5, 0.6) is 0 Å². The van der Waals surface area contributed by atoms with Crippen molar-refractivity contribution in [2.45, 2.75) is 58.9 Å². The van der Waals surface area contributed by atoms with Crippen LogP contribution in [0.2, 0.25) is 0 Å². The van der Waals surface area contributed by atoms with E-state index in [0.717, 1.165) is 25.9 Å². The van der Waals surface area contributed by atoms with Gasteiger partial charge in [0.05, 0.1) is 0 Å². The van der Waals surface area contributed by atoms with Crippen LogP contribution in [0, 0.1) is 0 Å². The Hall–Kier alpha value is -0.570. The zero-order chi connectivity index (χ0) is 11.7. The van der Waals surface area contributed by atoms with Crippen molar-refractivity contribution < 1.29 is 4.79 Å². The summed E-state index contributed by atoms with van der Waals surface area (Å²) in [7, 11) is 0. The van der Waals surface area contributed by atoms with Crippen LogP contribution >= 0.6 is 0 Å². The molecule has 0 aromatic heterocycles. The first-order chi connectivity index (χ1) is 7.11. The smallest absolute Gasteiger partial charge is 0.219 e. The summed E-state index contributed by atoms with van der Waals surface area (Å²) in [5.41, 5.74) is 5.66. The molecule has 1 amide bonds. The van der Waals surface area contributed by atoms with Crippen LogP contribution in [0.1, 0.15) is 52.9 Å². The van der Waals surface area contributed by atoms with Crippen molar-refractivity contribution in [2.75, 3.05) is 13.1 Å². The number of hydrogen-bond acceptors (Lipinski definition) is 2. The summed E-state index contributed by atoms with van der Waals surface area (Å²) in [4.78, 5) is 12.6. The fourth-order valence-corrected chi connectivity index (χ4v) is 1.57. The molecule has 0 atom stereocenters. The number of nitrogens with zero attached hydrogens (tertiary/aromatic N) is 1. The number of hydrogen-bond donors (Lipinski definition) is 1. The van der Waals surface area contributed by atoms with E-state index < -0.39 is 0 Å². The Morgan fingerprint density at radius 1 is 1.27 bits per heavy atom. The topological polar surface area (TPSA) is 46.3 Å². The number of rotatable bonds is 2. The molecule has 3 heteroatoms. The SMILES string of the molecule is CC(=O)N1CCC(N)CC1.CCCCC. The number of carbonyl (C=O) groups excluding carboxylic acids is 1. The number of amides is 1. The lowest BCUT2D eigenvalue weighted by Gasteiger charge is -2.28. The molecule has 3 nitrogen and oxygen atoms in total. The number of piperidine rings is 1. The number of carbonyl (C=O) groups is 1. The highest BCUT2D eigenvalue weighted by Crippen LogP contribution is 2.07. The molecule has 1 aliphatic rings. The van der Waals surface area contributed by atoms with Crippen LogP contribution in [-0.4, -0.2) is 29.9 Å². The molecule has 0 spiro atoms. The van der Waals surface area contributed by atoms with Crippen LogP contribution in [0.4, 0.5) is 0 Å². The molecule has 1 rings (SSSR count). The largest absolute Gasteiger partial charge is 0.343 e. The fourth-order valence-electron chi connectivity index (χ4n) is 1.57. The molecule has 0 radical (unpaired) electrons. The predicted octanol–water partition coefficient (Wildman–Crippen LogP) is 2.15. The van der Waals surface area contributed by atoms with Gasteiger partial charge in [-0.05, 0) is 12.8 Å². The lowest BCUT2D eigenvalue weighted by atomic mass is 10.1. The van der Waals surface area contributed by atoms with Gasteiger partial charge in [0.25, 0.3) is 0 Å². The van der Waals surface area contributed by atoms with Gasteiger partial charge in [0.1, 0.15) is 0 Å². The summed E-state index contributed by atoms with van der Waals surface area (Å²) in [6, 6.07) is 0.315. The second-order valence-electron chi connectivity index (χ2n) is 4.20. The van der Waals surface area contributed by atoms with Crippen molar-refractivity contribution in [2.24, 2.45) is 5.73 Å². The third-order valence-electron chi connectivity index (χ3n) is 2.69. The van der Waals surface area contributed by atoms with Gasteiger partial charge in [-0.25, -0.2) is 0 Å². The van der Waals surface area contributed by atoms with Crippen LogP contribution in [-0.2, 0) is 4.79 Å². The average Bonchev–Trinajstić information content (AvgIpc) is 2.20. The monoisotopic (exact) mass is 214 g/mol.